The lowest BCUT2D eigenvalue weighted by molar-refractivity contribution is -0.145. The lowest BCUT2D eigenvalue weighted by Gasteiger charge is -2.23. The molecule has 0 bridgehead atoms. The third-order valence-corrected chi connectivity index (χ3v) is 6.92. The molecule has 0 aromatic carbocycles. The number of carbonyl (C=O) groups is 1. The van der Waals surface area contributed by atoms with Gasteiger partial charge in [-0.05, 0) is 51.5 Å². The fourth-order valence-corrected chi connectivity index (χ4v) is 5.24. The topological polar surface area (TPSA) is 35.5 Å². The van der Waals surface area contributed by atoms with Gasteiger partial charge in [0.1, 0.15) is 18.5 Å². The first-order valence-corrected chi connectivity index (χ1v) is 12.1. The average molecular weight is 439 g/mol. The van der Waals surface area contributed by atoms with Gasteiger partial charge in [-0.2, -0.15) is 0 Å². The molecule has 4 heteroatoms. The van der Waals surface area contributed by atoms with E-state index in [1.807, 2.05) is 25.2 Å². The second kappa shape index (κ2) is 10.9. The van der Waals surface area contributed by atoms with Gasteiger partial charge in [-0.25, -0.2) is 0 Å². The van der Waals surface area contributed by atoms with Gasteiger partial charge < -0.3 is 9.47 Å². The van der Waals surface area contributed by atoms with E-state index >= 15 is 0 Å². The molecule has 3 nitrogen and oxygen atoms in total. The Morgan fingerprint density at radius 3 is 2.84 bits per heavy atom. The molecule has 0 N–H and O–H groups in total. The van der Waals surface area contributed by atoms with E-state index in [-0.39, 0.29) is 18.0 Å². The molecular weight excluding hydrogens is 404 g/mol. The predicted molar refractivity (Wildman–Crippen MR) is 131 cm³/mol. The predicted octanol–water partition coefficient (Wildman–Crippen LogP) is 6.83. The van der Waals surface area contributed by atoms with Crippen molar-refractivity contribution >= 4 is 17.7 Å². The number of ether oxygens (including phenoxy) is 2. The maximum absolute atomic E-state index is 12.3. The van der Waals surface area contributed by atoms with Gasteiger partial charge in [0.2, 0.25) is 0 Å². The highest BCUT2D eigenvalue weighted by molar-refractivity contribution is 8.03. The highest BCUT2D eigenvalue weighted by atomic mass is 32.2. The number of hydrogen-bond donors (Lipinski definition) is 0. The zero-order valence-electron chi connectivity index (χ0n) is 19.1. The number of fused-ring (bicyclic) bond motifs is 1. The third-order valence-electron chi connectivity index (χ3n) is 5.76. The zero-order valence-corrected chi connectivity index (χ0v) is 20.0. The van der Waals surface area contributed by atoms with E-state index in [1.54, 1.807) is 11.8 Å². The molecule has 2 aliphatic heterocycles. The summed E-state index contributed by atoms with van der Waals surface area (Å²) >= 11 is 1.70. The van der Waals surface area contributed by atoms with Gasteiger partial charge in [0.25, 0.3) is 0 Å². The lowest BCUT2D eigenvalue weighted by atomic mass is 9.99. The molecule has 2 heterocycles. The Morgan fingerprint density at radius 2 is 2.10 bits per heavy atom. The smallest absolute Gasteiger partial charge is 0.310 e. The Morgan fingerprint density at radius 1 is 1.29 bits per heavy atom. The fraction of sp³-hybridized carbons (Fsp3) is 0.444. The Labute approximate surface area is 191 Å². The summed E-state index contributed by atoms with van der Waals surface area (Å²) in [5.74, 6) is 2.22. The van der Waals surface area contributed by atoms with Gasteiger partial charge in [-0.15, -0.1) is 11.8 Å². The Bertz CT molecular complexity index is 897. The van der Waals surface area contributed by atoms with Crippen LogP contribution in [0, 0.1) is 11.8 Å². The van der Waals surface area contributed by atoms with Crippen LogP contribution in [-0.2, 0) is 14.3 Å². The van der Waals surface area contributed by atoms with E-state index in [0.29, 0.717) is 18.9 Å². The second-order valence-electron chi connectivity index (χ2n) is 8.64. The summed E-state index contributed by atoms with van der Waals surface area (Å²) in [5, 5.41) is 0. The van der Waals surface area contributed by atoms with Crippen LogP contribution in [0.5, 0.6) is 0 Å². The van der Waals surface area contributed by atoms with Crippen LogP contribution in [0.2, 0.25) is 0 Å². The number of cyclic esters (lactones) is 1. The van der Waals surface area contributed by atoms with Crippen molar-refractivity contribution in [2.24, 2.45) is 11.8 Å². The molecule has 166 valence electrons. The molecule has 2 unspecified atom stereocenters. The summed E-state index contributed by atoms with van der Waals surface area (Å²) in [6, 6.07) is 0. The molecule has 0 radical (unpaired) electrons. The molecule has 0 fully saturated rings. The molecule has 0 saturated heterocycles. The number of allylic oxidation sites excluding steroid dienone is 7. The van der Waals surface area contributed by atoms with Crippen molar-refractivity contribution in [1.29, 1.82) is 0 Å². The number of hydrogen-bond acceptors (Lipinski definition) is 4. The molecule has 3 atom stereocenters. The highest BCUT2D eigenvalue weighted by Gasteiger charge is 2.24. The van der Waals surface area contributed by atoms with Crippen LogP contribution in [0.1, 0.15) is 47.0 Å². The Balaban J connectivity index is 1.78. The van der Waals surface area contributed by atoms with Crippen LogP contribution < -0.4 is 0 Å². The van der Waals surface area contributed by atoms with Gasteiger partial charge in [-0.1, -0.05) is 66.7 Å². The fourth-order valence-electron chi connectivity index (χ4n) is 4.10. The van der Waals surface area contributed by atoms with Crippen molar-refractivity contribution in [2.75, 3.05) is 12.4 Å². The quantitative estimate of drug-likeness (QED) is 0.348. The van der Waals surface area contributed by atoms with Gasteiger partial charge in [0.15, 0.2) is 0 Å². The van der Waals surface area contributed by atoms with Crippen molar-refractivity contribution in [1.82, 2.24) is 0 Å². The largest absolute Gasteiger partial charge is 0.488 e. The maximum Gasteiger partial charge on any atom is 0.310 e. The van der Waals surface area contributed by atoms with Crippen LogP contribution in [0.4, 0.5) is 0 Å². The van der Waals surface area contributed by atoms with Crippen molar-refractivity contribution < 1.29 is 14.3 Å². The van der Waals surface area contributed by atoms with Crippen LogP contribution >= 0.6 is 11.8 Å². The van der Waals surface area contributed by atoms with Gasteiger partial charge in [0, 0.05) is 11.3 Å². The van der Waals surface area contributed by atoms with Crippen molar-refractivity contribution in [2.45, 2.75) is 53.1 Å². The number of rotatable bonds is 5. The summed E-state index contributed by atoms with van der Waals surface area (Å²) in [6.45, 7) is 13.1. The maximum atomic E-state index is 12.3. The number of esters is 1. The summed E-state index contributed by atoms with van der Waals surface area (Å²) in [6.07, 6.45) is 17.0. The van der Waals surface area contributed by atoms with Gasteiger partial charge >= 0.3 is 5.97 Å². The molecule has 3 aliphatic rings. The van der Waals surface area contributed by atoms with Crippen molar-refractivity contribution in [3.05, 3.63) is 82.1 Å². The van der Waals surface area contributed by atoms with Crippen LogP contribution in [0.3, 0.4) is 0 Å². The zero-order chi connectivity index (χ0) is 22.4. The first kappa shape index (κ1) is 23.5. The van der Waals surface area contributed by atoms with E-state index in [1.165, 1.54) is 16.7 Å². The van der Waals surface area contributed by atoms with E-state index in [2.05, 4.69) is 51.7 Å². The van der Waals surface area contributed by atoms with E-state index in [0.717, 1.165) is 34.8 Å². The summed E-state index contributed by atoms with van der Waals surface area (Å²) in [7, 11) is 0. The summed E-state index contributed by atoms with van der Waals surface area (Å²) in [4.78, 5) is 13.2. The van der Waals surface area contributed by atoms with E-state index in [9.17, 15) is 4.79 Å². The minimum absolute atomic E-state index is 0.209. The lowest BCUT2D eigenvalue weighted by Crippen LogP contribution is -2.19. The summed E-state index contributed by atoms with van der Waals surface area (Å²) in [5.41, 5.74) is 5.03. The van der Waals surface area contributed by atoms with Crippen molar-refractivity contribution in [3.8, 4) is 0 Å². The van der Waals surface area contributed by atoms with Gasteiger partial charge in [0.05, 0.1) is 11.3 Å². The number of carbonyl (C=O) groups excluding carboxylic acids is 1. The molecule has 31 heavy (non-hydrogen) atoms. The van der Waals surface area contributed by atoms with E-state index in [4.69, 9.17) is 9.47 Å². The Kier molecular flexibility index (Phi) is 8.25. The standard InChI is InChI=1S/C27H34O3S/c1-18-8-6-10-25(28)30-22(5)27(26-24(15-18)9-7-12-29-26)31-13-11-19(2)14-23-16-20(3)21(4)17-23/h6-9,11,15,17-18,22-23H,3,10,12-14,16H2,1-2,4-5H3/b8-6-,19-11+,24-15-,27-26-/t18?,22?,23-/m0/s1. The average Bonchev–Trinajstić information content (AvgIpc) is 3.01. The van der Waals surface area contributed by atoms with Crippen molar-refractivity contribution in [3.63, 3.8) is 0 Å². The van der Waals surface area contributed by atoms with Crippen LogP contribution in [0.15, 0.2) is 82.1 Å². The minimum atomic E-state index is -0.346. The summed E-state index contributed by atoms with van der Waals surface area (Å²) < 4.78 is 11.8. The highest BCUT2D eigenvalue weighted by Crippen LogP contribution is 2.35. The molecule has 0 spiro atoms. The first-order valence-electron chi connectivity index (χ1n) is 11.1. The Hall–Kier alpha value is -2.20. The van der Waals surface area contributed by atoms with Crippen LogP contribution in [0.25, 0.3) is 0 Å². The molecule has 0 aromatic heterocycles. The normalized spacial score (nSPS) is 32.3. The minimum Gasteiger partial charge on any atom is -0.488 e. The van der Waals surface area contributed by atoms with Gasteiger partial charge in [-0.3, -0.25) is 4.79 Å². The molecule has 3 rings (SSSR count). The molecule has 0 saturated carbocycles. The second-order valence-corrected chi connectivity index (χ2v) is 9.70. The third kappa shape index (κ3) is 6.64. The first-order chi connectivity index (χ1) is 14.8. The van der Waals surface area contributed by atoms with Crippen LogP contribution in [-0.4, -0.2) is 24.4 Å². The number of thioether (sulfide) groups is 1. The molecular formula is C27H34O3S. The van der Waals surface area contributed by atoms with E-state index < -0.39 is 0 Å². The molecule has 0 amide bonds. The molecule has 0 aromatic rings. The molecule has 1 aliphatic carbocycles. The monoisotopic (exact) mass is 438 g/mol. The SMILES string of the molecule is C=C1C[C@H](C/C(C)=C/CS/C2=C3\OCC=C\C3=C\C(C)/C=C\CC(=O)OC2C)C=C1C.